The summed E-state index contributed by atoms with van der Waals surface area (Å²) < 4.78 is 0. The van der Waals surface area contributed by atoms with Gasteiger partial charge in [0, 0.05) is 12.8 Å². The number of ketones is 1. The van der Waals surface area contributed by atoms with Gasteiger partial charge in [-0.15, -0.1) is 0 Å². The number of hydrogen-bond acceptors (Lipinski definition) is 2. The number of aliphatic hydroxyl groups is 1. The molecule has 0 aromatic heterocycles. The molecule has 0 amide bonds. The van der Waals surface area contributed by atoms with Gasteiger partial charge in [-0.2, -0.15) is 0 Å². The first kappa shape index (κ1) is 13.1. The van der Waals surface area contributed by atoms with E-state index in [0.29, 0.717) is 11.7 Å². The summed E-state index contributed by atoms with van der Waals surface area (Å²) in [5.41, 5.74) is 3.36. The van der Waals surface area contributed by atoms with Crippen LogP contribution >= 0.6 is 0 Å². The second kappa shape index (κ2) is 4.43. The van der Waals surface area contributed by atoms with Crippen LogP contribution in [0, 0.1) is 23.2 Å². The molecule has 110 valence electrons. The largest absolute Gasteiger partial charge is 0.393 e. The van der Waals surface area contributed by atoms with Gasteiger partial charge in [0.25, 0.3) is 0 Å². The lowest BCUT2D eigenvalue weighted by Gasteiger charge is -2.50. The number of carbonyl (C=O) groups excluding carboxylic acids is 1. The molecule has 2 fully saturated rings. The van der Waals surface area contributed by atoms with Crippen LogP contribution in [0.2, 0.25) is 0 Å². The first-order valence-electron chi connectivity index (χ1n) is 8.48. The van der Waals surface area contributed by atoms with Gasteiger partial charge in [0.05, 0.1) is 6.10 Å². The van der Waals surface area contributed by atoms with E-state index >= 15 is 0 Å². The molecule has 0 unspecified atom stereocenters. The van der Waals surface area contributed by atoms with E-state index in [1.807, 2.05) is 0 Å². The van der Waals surface area contributed by atoms with E-state index in [4.69, 9.17) is 0 Å². The van der Waals surface area contributed by atoms with Crippen molar-refractivity contribution in [2.45, 2.75) is 70.8 Å². The van der Waals surface area contributed by atoms with E-state index in [-0.39, 0.29) is 11.5 Å². The average molecular weight is 274 g/mol. The average Bonchev–Trinajstić information content (AvgIpc) is 2.71. The highest BCUT2D eigenvalue weighted by molar-refractivity contribution is 5.82. The zero-order valence-electron chi connectivity index (χ0n) is 12.5. The minimum Gasteiger partial charge on any atom is -0.393 e. The fraction of sp³-hybridized carbons (Fsp3) is 0.833. The Morgan fingerprint density at radius 2 is 2.00 bits per heavy atom. The number of hydrogen-bond donors (Lipinski definition) is 1. The molecular formula is C18H26O2. The third-order valence-corrected chi connectivity index (χ3v) is 7.09. The lowest BCUT2D eigenvalue weighted by Crippen LogP contribution is -2.44. The second-order valence-corrected chi connectivity index (χ2v) is 7.99. The predicted molar refractivity (Wildman–Crippen MR) is 78.2 cm³/mol. The molecule has 0 saturated heterocycles. The number of Topliss-reactive ketones (excluding diaryl/α,β-unsaturated/α-hetero) is 1. The molecule has 0 spiro atoms. The van der Waals surface area contributed by atoms with Gasteiger partial charge in [0.2, 0.25) is 0 Å². The van der Waals surface area contributed by atoms with Crippen molar-refractivity contribution in [2.75, 3.05) is 0 Å². The van der Waals surface area contributed by atoms with Gasteiger partial charge in [-0.1, -0.05) is 18.1 Å². The minimum absolute atomic E-state index is 0.0724. The van der Waals surface area contributed by atoms with Gasteiger partial charge < -0.3 is 5.11 Å². The lowest BCUT2D eigenvalue weighted by atomic mass is 9.55. The number of rotatable bonds is 0. The van der Waals surface area contributed by atoms with Crippen molar-refractivity contribution in [2.24, 2.45) is 23.2 Å². The van der Waals surface area contributed by atoms with E-state index in [9.17, 15) is 9.90 Å². The Morgan fingerprint density at radius 1 is 1.15 bits per heavy atom. The number of fused-ring (bicyclic) bond motifs is 3. The Bertz CT molecular complexity index is 478. The molecule has 0 radical (unpaired) electrons. The maximum Gasteiger partial charge on any atom is 0.137 e. The molecule has 2 saturated carbocycles. The van der Waals surface area contributed by atoms with E-state index in [2.05, 4.69) is 6.92 Å². The molecule has 5 atom stereocenters. The van der Waals surface area contributed by atoms with Gasteiger partial charge in [0.15, 0.2) is 0 Å². The Labute approximate surface area is 121 Å². The smallest absolute Gasteiger partial charge is 0.137 e. The summed E-state index contributed by atoms with van der Waals surface area (Å²) in [6.07, 6.45) is 9.63. The first-order chi connectivity index (χ1) is 9.58. The number of carbonyl (C=O) groups is 1. The van der Waals surface area contributed by atoms with E-state index < -0.39 is 0 Å². The van der Waals surface area contributed by atoms with Crippen molar-refractivity contribution in [1.82, 2.24) is 0 Å². The van der Waals surface area contributed by atoms with Crippen molar-refractivity contribution in [1.29, 1.82) is 0 Å². The van der Waals surface area contributed by atoms with E-state index in [0.717, 1.165) is 43.9 Å². The highest BCUT2D eigenvalue weighted by atomic mass is 16.3. The minimum atomic E-state index is -0.0724. The summed E-state index contributed by atoms with van der Waals surface area (Å²) in [5.74, 6) is 2.69. The fourth-order valence-electron chi connectivity index (χ4n) is 5.86. The van der Waals surface area contributed by atoms with Crippen molar-refractivity contribution in [3.63, 3.8) is 0 Å². The highest BCUT2D eigenvalue weighted by Gasteiger charge is 2.53. The molecule has 0 bridgehead atoms. The second-order valence-electron chi connectivity index (χ2n) is 7.99. The van der Waals surface area contributed by atoms with Gasteiger partial charge in [-0.3, -0.25) is 4.79 Å². The van der Waals surface area contributed by atoms with Crippen molar-refractivity contribution in [3.8, 4) is 0 Å². The molecule has 0 aromatic rings. The first-order valence-corrected chi connectivity index (χ1v) is 8.48. The number of aliphatic hydroxyl groups excluding tert-OH is 1. The quantitative estimate of drug-likeness (QED) is 0.685. The SMILES string of the molecule is C[C@]12C[C@@H]3CCC4=C(CCC(=O)C4)[C@@H]3C[C@@H]1CC[C@@H]2O. The summed E-state index contributed by atoms with van der Waals surface area (Å²) >= 11 is 0. The summed E-state index contributed by atoms with van der Waals surface area (Å²) in [6.45, 7) is 2.33. The summed E-state index contributed by atoms with van der Waals surface area (Å²) in [4.78, 5) is 11.7. The molecule has 4 rings (SSSR count). The van der Waals surface area contributed by atoms with Crippen LogP contribution < -0.4 is 0 Å². The highest BCUT2D eigenvalue weighted by Crippen LogP contribution is 2.59. The third-order valence-electron chi connectivity index (χ3n) is 7.09. The Balaban J connectivity index is 1.63. The third kappa shape index (κ3) is 1.76. The van der Waals surface area contributed by atoms with Gasteiger partial charge in [-0.25, -0.2) is 0 Å². The molecule has 0 aliphatic heterocycles. The zero-order chi connectivity index (χ0) is 13.9. The summed E-state index contributed by atoms with van der Waals surface area (Å²) in [5, 5.41) is 10.4. The van der Waals surface area contributed by atoms with Gasteiger partial charge >= 0.3 is 0 Å². The van der Waals surface area contributed by atoms with Crippen LogP contribution in [0.25, 0.3) is 0 Å². The molecule has 0 heterocycles. The predicted octanol–water partition coefficient (Wildman–Crippen LogP) is 3.63. The lowest BCUT2D eigenvalue weighted by molar-refractivity contribution is -0.119. The fourth-order valence-corrected chi connectivity index (χ4v) is 5.86. The van der Waals surface area contributed by atoms with Crippen LogP contribution in [-0.2, 0) is 4.79 Å². The van der Waals surface area contributed by atoms with Crippen molar-refractivity contribution in [3.05, 3.63) is 11.1 Å². The van der Waals surface area contributed by atoms with Crippen LogP contribution in [0.3, 0.4) is 0 Å². The molecule has 20 heavy (non-hydrogen) atoms. The van der Waals surface area contributed by atoms with Gasteiger partial charge in [0.1, 0.15) is 5.78 Å². The van der Waals surface area contributed by atoms with E-state index in [1.165, 1.54) is 31.3 Å². The maximum absolute atomic E-state index is 11.7. The van der Waals surface area contributed by atoms with Crippen LogP contribution in [0.4, 0.5) is 0 Å². The molecule has 1 N–H and O–H groups in total. The Hall–Kier alpha value is -0.630. The van der Waals surface area contributed by atoms with Crippen LogP contribution in [-0.4, -0.2) is 17.0 Å². The normalized spacial score (nSPS) is 47.8. The Morgan fingerprint density at radius 3 is 2.85 bits per heavy atom. The summed E-state index contributed by atoms with van der Waals surface area (Å²) in [6, 6.07) is 0. The Kier molecular flexibility index (Phi) is 2.89. The molecule has 2 nitrogen and oxygen atoms in total. The molecule has 0 aromatic carbocycles. The van der Waals surface area contributed by atoms with Gasteiger partial charge in [-0.05, 0) is 68.1 Å². The van der Waals surface area contributed by atoms with E-state index in [1.54, 1.807) is 5.57 Å². The monoisotopic (exact) mass is 274 g/mol. The number of allylic oxidation sites excluding steroid dienone is 2. The summed E-state index contributed by atoms with van der Waals surface area (Å²) in [7, 11) is 0. The molecule has 2 heteroatoms. The van der Waals surface area contributed by atoms with Crippen molar-refractivity contribution >= 4 is 5.78 Å². The topological polar surface area (TPSA) is 37.3 Å². The molecule has 4 aliphatic carbocycles. The van der Waals surface area contributed by atoms with Crippen molar-refractivity contribution < 1.29 is 9.90 Å². The standard InChI is InChI=1S/C18H26O2/c1-18-10-12-3-2-11-8-14(19)5-6-15(11)16(12)9-13(18)4-7-17(18)20/h12-13,16-17,20H,2-10H2,1H3/t12-,13-,16+,17-,18-/m0/s1. The van der Waals surface area contributed by atoms with Crippen LogP contribution in [0.15, 0.2) is 11.1 Å². The van der Waals surface area contributed by atoms with Crippen LogP contribution in [0.1, 0.15) is 64.7 Å². The molecule has 4 aliphatic rings. The maximum atomic E-state index is 11.7. The zero-order valence-corrected chi connectivity index (χ0v) is 12.5. The molecular weight excluding hydrogens is 248 g/mol. The van der Waals surface area contributed by atoms with Crippen LogP contribution in [0.5, 0.6) is 0 Å².